The molecule has 0 aliphatic carbocycles. The largest absolute Gasteiger partial charge is 0.113 e. The van der Waals surface area contributed by atoms with Crippen molar-refractivity contribution in [3.63, 3.8) is 0 Å². The molecular formula is C7H17P. The van der Waals surface area contributed by atoms with E-state index in [1.807, 2.05) is 0 Å². The highest BCUT2D eigenvalue weighted by Crippen LogP contribution is 2.25. The van der Waals surface area contributed by atoms with Gasteiger partial charge in [-0.25, -0.2) is 0 Å². The molecule has 0 rings (SSSR count). The van der Waals surface area contributed by atoms with E-state index in [0.29, 0.717) is 7.92 Å². The molecule has 0 bridgehead atoms. The summed E-state index contributed by atoms with van der Waals surface area (Å²) in [5.74, 6) is 0. The first-order valence-electron chi connectivity index (χ1n) is 3.42. The van der Waals surface area contributed by atoms with Gasteiger partial charge in [-0.05, 0) is 25.9 Å². The predicted octanol–water partition coefficient (Wildman–Crippen LogP) is 2.92. The van der Waals surface area contributed by atoms with Gasteiger partial charge < -0.3 is 0 Å². The first kappa shape index (κ1) is 8.43. The van der Waals surface area contributed by atoms with Crippen LogP contribution in [0.2, 0.25) is 0 Å². The van der Waals surface area contributed by atoms with Crippen molar-refractivity contribution in [2.24, 2.45) is 0 Å². The van der Waals surface area contributed by atoms with Gasteiger partial charge in [-0.1, -0.05) is 19.8 Å². The van der Waals surface area contributed by atoms with Crippen molar-refractivity contribution in [3.05, 3.63) is 0 Å². The van der Waals surface area contributed by atoms with Crippen LogP contribution in [0.25, 0.3) is 0 Å². The molecule has 0 aromatic heterocycles. The summed E-state index contributed by atoms with van der Waals surface area (Å²) in [5.41, 5.74) is 0. The van der Waals surface area contributed by atoms with Gasteiger partial charge >= 0.3 is 0 Å². The second kappa shape index (κ2) is 5.56. The average Bonchev–Trinajstić information content (AvgIpc) is 1.66. The van der Waals surface area contributed by atoms with Crippen molar-refractivity contribution >= 4 is 7.92 Å². The Bertz CT molecular complexity index is 41.7. The molecule has 1 heteroatoms. The molecule has 0 N–H and O–H groups in total. The van der Waals surface area contributed by atoms with E-state index in [0.717, 1.165) is 0 Å². The maximum atomic E-state index is 2.35. The third-order valence-corrected chi connectivity index (χ3v) is 2.42. The minimum absolute atomic E-state index is 0.388. The van der Waals surface area contributed by atoms with Gasteiger partial charge in [0.15, 0.2) is 0 Å². The molecule has 0 aliphatic heterocycles. The van der Waals surface area contributed by atoms with Crippen LogP contribution in [0.5, 0.6) is 0 Å². The molecule has 0 unspecified atom stereocenters. The Morgan fingerprint density at radius 1 is 1.12 bits per heavy atom. The van der Waals surface area contributed by atoms with Crippen molar-refractivity contribution in [1.29, 1.82) is 0 Å². The van der Waals surface area contributed by atoms with Crippen LogP contribution in [0.4, 0.5) is 0 Å². The summed E-state index contributed by atoms with van der Waals surface area (Å²) >= 11 is 0. The third-order valence-electron chi connectivity index (χ3n) is 1.21. The third kappa shape index (κ3) is 6.43. The van der Waals surface area contributed by atoms with Crippen LogP contribution in [0.3, 0.4) is 0 Å². The van der Waals surface area contributed by atoms with Gasteiger partial charge in [0.25, 0.3) is 0 Å². The summed E-state index contributed by atoms with van der Waals surface area (Å²) in [6, 6.07) is 0. The van der Waals surface area contributed by atoms with Gasteiger partial charge in [0.05, 0.1) is 0 Å². The van der Waals surface area contributed by atoms with Crippen LogP contribution in [0.15, 0.2) is 0 Å². The fourth-order valence-corrected chi connectivity index (χ4v) is 1.53. The average molecular weight is 132 g/mol. The highest BCUT2D eigenvalue weighted by atomic mass is 31.1. The molecule has 0 fully saturated rings. The van der Waals surface area contributed by atoms with Gasteiger partial charge in [0.2, 0.25) is 0 Å². The Morgan fingerprint density at radius 2 is 1.75 bits per heavy atom. The number of hydrogen-bond donors (Lipinski definition) is 0. The van der Waals surface area contributed by atoms with E-state index < -0.39 is 0 Å². The molecule has 0 amide bonds. The number of rotatable bonds is 4. The molecule has 0 atom stereocenters. The maximum absolute atomic E-state index is 2.35. The van der Waals surface area contributed by atoms with Gasteiger partial charge in [-0.15, -0.1) is 7.92 Å². The lowest BCUT2D eigenvalue weighted by Gasteiger charge is -2.01. The van der Waals surface area contributed by atoms with Gasteiger partial charge in [-0.2, -0.15) is 0 Å². The van der Waals surface area contributed by atoms with Gasteiger partial charge in [0.1, 0.15) is 0 Å². The van der Waals surface area contributed by atoms with E-state index in [4.69, 9.17) is 0 Å². The summed E-state index contributed by atoms with van der Waals surface area (Å²) in [7, 11) is 0.388. The molecule has 8 heavy (non-hydrogen) atoms. The van der Waals surface area contributed by atoms with Crippen LogP contribution in [0.1, 0.15) is 26.2 Å². The lowest BCUT2D eigenvalue weighted by atomic mass is 10.3. The van der Waals surface area contributed by atoms with Gasteiger partial charge in [0, 0.05) is 0 Å². The van der Waals surface area contributed by atoms with E-state index in [9.17, 15) is 0 Å². The summed E-state index contributed by atoms with van der Waals surface area (Å²) in [6.07, 6.45) is 5.72. The Labute approximate surface area is 54.4 Å². The van der Waals surface area contributed by atoms with E-state index >= 15 is 0 Å². The van der Waals surface area contributed by atoms with Crippen molar-refractivity contribution in [3.8, 4) is 0 Å². The quantitative estimate of drug-likeness (QED) is 0.407. The van der Waals surface area contributed by atoms with Crippen LogP contribution in [-0.4, -0.2) is 19.5 Å². The zero-order valence-corrected chi connectivity index (χ0v) is 7.17. The molecule has 0 spiro atoms. The van der Waals surface area contributed by atoms with E-state index in [1.165, 1.54) is 25.4 Å². The number of hydrogen-bond acceptors (Lipinski definition) is 0. The highest BCUT2D eigenvalue weighted by molar-refractivity contribution is 7.55. The Morgan fingerprint density at radius 3 is 2.12 bits per heavy atom. The number of unbranched alkanes of at least 4 members (excludes halogenated alkanes) is 2. The maximum Gasteiger partial charge on any atom is -0.0331 e. The summed E-state index contributed by atoms with van der Waals surface area (Å²) in [5, 5.41) is 0. The lowest BCUT2D eigenvalue weighted by molar-refractivity contribution is 0.776. The Hall–Kier alpha value is 0.430. The lowest BCUT2D eigenvalue weighted by Crippen LogP contribution is -1.80. The minimum Gasteiger partial charge on any atom is -0.113 e. The second-order valence-electron chi connectivity index (χ2n) is 2.51. The van der Waals surface area contributed by atoms with Crippen LogP contribution >= 0.6 is 7.92 Å². The predicted molar refractivity (Wildman–Crippen MR) is 43.2 cm³/mol. The standard InChI is InChI=1S/C7H17P/c1-4-5-6-7-8(2)3/h4-7H2,1-3H3. The summed E-state index contributed by atoms with van der Waals surface area (Å²) < 4.78 is 0. The van der Waals surface area contributed by atoms with Crippen molar-refractivity contribution in [2.45, 2.75) is 26.2 Å². The SMILES string of the molecule is CCCCCP(C)C. The molecule has 0 aliphatic rings. The minimum atomic E-state index is 0.388. The smallest absolute Gasteiger partial charge is 0.0331 e. The molecule has 50 valence electrons. The molecule has 0 nitrogen and oxygen atoms in total. The first-order valence-corrected chi connectivity index (χ1v) is 5.84. The normalized spacial score (nSPS) is 10.5. The van der Waals surface area contributed by atoms with Crippen molar-refractivity contribution in [2.75, 3.05) is 19.5 Å². The highest BCUT2D eigenvalue weighted by Gasteiger charge is 1.89. The first-order chi connectivity index (χ1) is 3.77. The van der Waals surface area contributed by atoms with E-state index in [-0.39, 0.29) is 0 Å². The molecular weight excluding hydrogens is 115 g/mol. The zero-order chi connectivity index (χ0) is 6.41. The molecule has 0 saturated heterocycles. The van der Waals surface area contributed by atoms with Crippen LogP contribution < -0.4 is 0 Å². The Kier molecular flexibility index (Phi) is 5.86. The van der Waals surface area contributed by atoms with Gasteiger partial charge in [-0.3, -0.25) is 0 Å². The molecule has 0 saturated carbocycles. The second-order valence-corrected chi connectivity index (χ2v) is 5.12. The fraction of sp³-hybridized carbons (Fsp3) is 1.00. The molecule has 0 aromatic rings. The summed E-state index contributed by atoms with van der Waals surface area (Å²) in [4.78, 5) is 0. The van der Waals surface area contributed by atoms with E-state index in [2.05, 4.69) is 20.3 Å². The summed E-state index contributed by atoms with van der Waals surface area (Å²) in [6.45, 7) is 6.96. The van der Waals surface area contributed by atoms with Crippen molar-refractivity contribution in [1.82, 2.24) is 0 Å². The van der Waals surface area contributed by atoms with Crippen LogP contribution in [0, 0.1) is 0 Å². The van der Waals surface area contributed by atoms with E-state index in [1.54, 1.807) is 0 Å². The zero-order valence-electron chi connectivity index (χ0n) is 6.28. The fourth-order valence-electron chi connectivity index (χ4n) is 0.678. The monoisotopic (exact) mass is 132 g/mol. The van der Waals surface area contributed by atoms with Crippen molar-refractivity contribution < 1.29 is 0 Å². The molecule has 0 radical (unpaired) electrons. The molecule has 0 aromatic carbocycles. The molecule has 0 heterocycles. The Balaban J connectivity index is 2.72. The van der Waals surface area contributed by atoms with Crippen LogP contribution in [-0.2, 0) is 0 Å². The topological polar surface area (TPSA) is 0 Å².